The monoisotopic (exact) mass is 291 g/mol. The lowest BCUT2D eigenvalue weighted by Gasteiger charge is -2.37. The van der Waals surface area contributed by atoms with E-state index in [1.807, 2.05) is 12.1 Å². The fraction of sp³-hybridized carbons (Fsp3) is 0.667. The molecular formula is C18H29NO2. The van der Waals surface area contributed by atoms with Gasteiger partial charge >= 0.3 is 0 Å². The van der Waals surface area contributed by atoms with Gasteiger partial charge in [0, 0.05) is 11.6 Å². The van der Waals surface area contributed by atoms with E-state index in [0.717, 1.165) is 25.2 Å². The molecule has 2 unspecified atom stereocenters. The van der Waals surface area contributed by atoms with Gasteiger partial charge in [-0.05, 0) is 49.8 Å². The van der Waals surface area contributed by atoms with E-state index in [1.165, 1.54) is 18.4 Å². The standard InChI is InChI=1S/C18H29NO2/c1-14(2)19-18(13-20)10-5-7-16(18)9-11-21-17-8-4-6-15(3)12-17/h4,6,8,12,14,16,19-20H,5,7,9-11,13H2,1-3H3. The maximum absolute atomic E-state index is 9.89. The highest BCUT2D eigenvalue weighted by atomic mass is 16.5. The molecule has 2 rings (SSSR count). The maximum Gasteiger partial charge on any atom is 0.119 e. The molecule has 0 aromatic heterocycles. The topological polar surface area (TPSA) is 41.5 Å². The number of aryl methyl sites for hydroxylation is 1. The van der Waals surface area contributed by atoms with Gasteiger partial charge in [-0.1, -0.05) is 32.4 Å². The third kappa shape index (κ3) is 4.21. The molecule has 0 radical (unpaired) electrons. The number of ether oxygens (including phenoxy) is 1. The molecule has 1 saturated carbocycles. The van der Waals surface area contributed by atoms with E-state index in [4.69, 9.17) is 4.74 Å². The Labute approximate surface area is 128 Å². The summed E-state index contributed by atoms with van der Waals surface area (Å²) in [6.45, 7) is 7.31. The Morgan fingerprint density at radius 2 is 2.24 bits per heavy atom. The van der Waals surface area contributed by atoms with E-state index in [-0.39, 0.29) is 12.1 Å². The summed E-state index contributed by atoms with van der Waals surface area (Å²) >= 11 is 0. The minimum atomic E-state index is -0.107. The van der Waals surface area contributed by atoms with Crippen molar-refractivity contribution < 1.29 is 9.84 Å². The van der Waals surface area contributed by atoms with Gasteiger partial charge in [0.15, 0.2) is 0 Å². The fourth-order valence-electron chi connectivity index (χ4n) is 3.61. The van der Waals surface area contributed by atoms with Crippen molar-refractivity contribution >= 4 is 0 Å². The highest BCUT2D eigenvalue weighted by Crippen LogP contribution is 2.38. The molecule has 0 amide bonds. The molecule has 118 valence electrons. The van der Waals surface area contributed by atoms with Crippen molar-refractivity contribution in [1.29, 1.82) is 0 Å². The van der Waals surface area contributed by atoms with E-state index in [0.29, 0.717) is 12.0 Å². The molecule has 1 fully saturated rings. The van der Waals surface area contributed by atoms with Gasteiger partial charge in [0.2, 0.25) is 0 Å². The number of aliphatic hydroxyl groups excluding tert-OH is 1. The normalized spacial score (nSPS) is 25.5. The third-order valence-corrected chi connectivity index (χ3v) is 4.54. The summed E-state index contributed by atoms with van der Waals surface area (Å²) in [5, 5.41) is 13.5. The Morgan fingerprint density at radius 3 is 2.90 bits per heavy atom. The summed E-state index contributed by atoms with van der Waals surface area (Å²) in [5.74, 6) is 1.44. The van der Waals surface area contributed by atoms with E-state index in [9.17, 15) is 5.11 Å². The lowest BCUT2D eigenvalue weighted by molar-refractivity contribution is 0.102. The molecule has 0 bridgehead atoms. The molecule has 1 aromatic rings. The van der Waals surface area contributed by atoms with Gasteiger partial charge in [0.1, 0.15) is 5.75 Å². The van der Waals surface area contributed by atoms with Crippen LogP contribution in [0.4, 0.5) is 0 Å². The number of rotatable bonds is 7. The van der Waals surface area contributed by atoms with Gasteiger partial charge in [0.05, 0.1) is 13.2 Å². The second kappa shape index (κ2) is 7.28. The Balaban J connectivity index is 1.89. The Hall–Kier alpha value is -1.06. The quantitative estimate of drug-likeness (QED) is 0.810. The molecule has 0 spiro atoms. The average molecular weight is 291 g/mol. The predicted octanol–water partition coefficient (Wildman–Crippen LogP) is 3.29. The third-order valence-electron chi connectivity index (χ3n) is 4.54. The minimum Gasteiger partial charge on any atom is -0.494 e. The average Bonchev–Trinajstić information content (AvgIpc) is 2.82. The number of nitrogens with one attached hydrogen (secondary N) is 1. The van der Waals surface area contributed by atoms with Crippen LogP contribution < -0.4 is 10.1 Å². The molecule has 21 heavy (non-hydrogen) atoms. The largest absolute Gasteiger partial charge is 0.494 e. The van der Waals surface area contributed by atoms with Crippen LogP contribution in [0.25, 0.3) is 0 Å². The van der Waals surface area contributed by atoms with Crippen LogP contribution in [0.15, 0.2) is 24.3 Å². The second-order valence-electron chi connectivity index (χ2n) is 6.66. The minimum absolute atomic E-state index is 0.107. The van der Waals surface area contributed by atoms with Crippen LogP contribution in [0.3, 0.4) is 0 Å². The maximum atomic E-state index is 9.89. The van der Waals surface area contributed by atoms with Gasteiger partial charge < -0.3 is 15.2 Å². The van der Waals surface area contributed by atoms with Gasteiger partial charge in [0.25, 0.3) is 0 Å². The lowest BCUT2D eigenvalue weighted by atomic mass is 9.85. The van der Waals surface area contributed by atoms with Gasteiger partial charge in [-0.15, -0.1) is 0 Å². The lowest BCUT2D eigenvalue weighted by Crippen LogP contribution is -2.54. The number of hydrogen-bond acceptors (Lipinski definition) is 3. The van der Waals surface area contributed by atoms with Crippen LogP contribution in [-0.4, -0.2) is 29.9 Å². The first-order chi connectivity index (χ1) is 10.1. The van der Waals surface area contributed by atoms with E-state index >= 15 is 0 Å². The molecule has 0 saturated heterocycles. The van der Waals surface area contributed by atoms with Crippen LogP contribution in [-0.2, 0) is 0 Å². The summed E-state index contributed by atoms with van der Waals surface area (Å²) < 4.78 is 5.88. The predicted molar refractivity (Wildman–Crippen MR) is 86.7 cm³/mol. The van der Waals surface area contributed by atoms with Crippen LogP contribution in [0.1, 0.15) is 45.1 Å². The zero-order valence-electron chi connectivity index (χ0n) is 13.6. The number of hydrogen-bond donors (Lipinski definition) is 2. The van der Waals surface area contributed by atoms with Crippen molar-refractivity contribution in [2.45, 2.75) is 58.0 Å². The van der Waals surface area contributed by atoms with E-state index < -0.39 is 0 Å². The van der Waals surface area contributed by atoms with E-state index in [1.54, 1.807) is 0 Å². The Morgan fingerprint density at radius 1 is 1.43 bits per heavy atom. The second-order valence-corrected chi connectivity index (χ2v) is 6.66. The summed E-state index contributed by atoms with van der Waals surface area (Å²) in [6, 6.07) is 8.58. The molecule has 2 N–H and O–H groups in total. The fourth-order valence-corrected chi connectivity index (χ4v) is 3.61. The highest BCUT2D eigenvalue weighted by molar-refractivity contribution is 5.27. The number of benzene rings is 1. The van der Waals surface area contributed by atoms with Crippen molar-refractivity contribution in [2.75, 3.05) is 13.2 Å². The summed E-state index contributed by atoms with van der Waals surface area (Å²) in [7, 11) is 0. The van der Waals surface area contributed by atoms with E-state index in [2.05, 4.69) is 38.2 Å². The molecule has 3 heteroatoms. The first-order valence-electron chi connectivity index (χ1n) is 8.14. The summed E-state index contributed by atoms with van der Waals surface area (Å²) in [4.78, 5) is 0. The summed E-state index contributed by atoms with van der Waals surface area (Å²) in [5.41, 5.74) is 1.11. The Bertz CT molecular complexity index is 447. The smallest absolute Gasteiger partial charge is 0.119 e. The first kappa shape index (κ1) is 16.3. The zero-order chi connectivity index (χ0) is 15.3. The first-order valence-corrected chi connectivity index (χ1v) is 8.14. The van der Waals surface area contributed by atoms with Crippen molar-refractivity contribution in [1.82, 2.24) is 5.32 Å². The molecule has 2 atom stereocenters. The molecule has 0 heterocycles. The highest BCUT2D eigenvalue weighted by Gasteiger charge is 2.42. The van der Waals surface area contributed by atoms with Gasteiger partial charge in [-0.2, -0.15) is 0 Å². The van der Waals surface area contributed by atoms with Crippen LogP contribution in [0, 0.1) is 12.8 Å². The molecule has 3 nitrogen and oxygen atoms in total. The van der Waals surface area contributed by atoms with Gasteiger partial charge in [-0.3, -0.25) is 0 Å². The zero-order valence-corrected chi connectivity index (χ0v) is 13.6. The van der Waals surface area contributed by atoms with Crippen molar-refractivity contribution in [2.24, 2.45) is 5.92 Å². The van der Waals surface area contributed by atoms with Crippen LogP contribution in [0.2, 0.25) is 0 Å². The SMILES string of the molecule is Cc1cccc(OCCC2CCCC2(CO)NC(C)C)c1. The van der Waals surface area contributed by atoms with Crippen LogP contribution in [0.5, 0.6) is 5.75 Å². The molecule has 1 aliphatic carbocycles. The van der Waals surface area contributed by atoms with Crippen LogP contribution >= 0.6 is 0 Å². The summed E-state index contributed by atoms with van der Waals surface area (Å²) in [6.07, 6.45) is 4.43. The van der Waals surface area contributed by atoms with Gasteiger partial charge in [-0.25, -0.2) is 0 Å². The molecule has 1 aliphatic rings. The molecule has 0 aliphatic heterocycles. The molecule has 1 aromatic carbocycles. The number of aliphatic hydroxyl groups is 1. The van der Waals surface area contributed by atoms with Crippen molar-refractivity contribution in [3.8, 4) is 5.75 Å². The van der Waals surface area contributed by atoms with Crippen molar-refractivity contribution in [3.05, 3.63) is 29.8 Å². The van der Waals surface area contributed by atoms with Crippen molar-refractivity contribution in [3.63, 3.8) is 0 Å². The molecular weight excluding hydrogens is 262 g/mol. The Kier molecular flexibility index (Phi) is 5.65.